The maximum Gasteiger partial charge on any atom is 0.132 e. The van der Waals surface area contributed by atoms with Crippen molar-refractivity contribution in [1.82, 2.24) is 0 Å². The average Bonchev–Trinajstić information content (AvgIpc) is 2.51. The standard InChI is InChI=1S/C18H20I2O2/c1-4-21-17-8-6-13(10-15(17)19)12(3)14-7-9-18(22-5-2)16(20)11-14/h6-12H,4-5H2,1-3H3. The molecule has 0 bridgehead atoms. The predicted molar refractivity (Wildman–Crippen MR) is 108 cm³/mol. The number of hydrogen-bond acceptors (Lipinski definition) is 2. The van der Waals surface area contributed by atoms with Gasteiger partial charge in [-0.25, -0.2) is 0 Å². The van der Waals surface area contributed by atoms with Gasteiger partial charge in [-0.15, -0.1) is 0 Å². The van der Waals surface area contributed by atoms with Crippen molar-refractivity contribution in [3.05, 3.63) is 54.7 Å². The molecule has 0 aliphatic rings. The molecular weight excluding hydrogens is 502 g/mol. The minimum absolute atomic E-state index is 0.341. The Morgan fingerprint density at radius 3 is 1.55 bits per heavy atom. The van der Waals surface area contributed by atoms with E-state index in [9.17, 15) is 0 Å². The van der Waals surface area contributed by atoms with Gasteiger partial charge in [0, 0.05) is 5.92 Å². The van der Waals surface area contributed by atoms with Gasteiger partial charge in [0.2, 0.25) is 0 Å². The van der Waals surface area contributed by atoms with Crippen LogP contribution in [0.25, 0.3) is 0 Å². The largest absolute Gasteiger partial charge is 0.493 e. The van der Waals surface area contributed by atoms with Crippen molar-refractivity contribution in [2.45, 2.75) is 26.7 Å². The number of ether oxygens (including phenoxy) is 2. The second-order valence-corrected chi connectivity index (χ2v) is 7.29. The molecule has 0 atom stereocenters. The Labute approximate surface area is 159 Å². The molecule has 0 radical (unpaired) electrons. The summed E-state index contributed by atoms with van der Waals surface area (Å²) >= 11 is 4.68. The van der Waals surface area contributed by atoms with Crippen LogP contribution in [0.5, 0.6) is 11.5 Å². The lowest BCUT2D eigenvalue weighted by atomic mass is 9.93. The predicted octanol–water partition coefficient (Wildman–Crippen LogP) is 5.85. The van der Waals surface area contributed by atoms with Gasteiger partial charge in [0.05, 0.1) is 20.4 Å². The quantitative estimate of drug-likeness (QED) is 0.444. The monoisotopic (exact) mass is 522 g/mol. The van der Waals surface area contributed by atoms with Gasteiger partial charge in [-0.05, 0) is 94.4 Å². The highest BCUT2D eigenvalue weighted by molar-refractivity contribution is 14.1. The molecule has 0 aromatic heterocycles. The van der Waals surface area contributed by atoms with Gasteiger partial charge < -0.3 is 9.47 Å². The van der Waals surface area contributed by atoms with Gasteiger partial charge in [0.25, 0.3) is 0 Å². The molecule has 0 saturated carbocycles. The minimum Gasteiger partial charge on any atom is -0.493 e. The molecule has 0 saturated heterocycles. The first-order chi connectivity index (χ1) is 10.6. The minimum atomic E-state index is 0.341. The number of rotatable bonds is 6. The molecule has 0 heterocycles. The molecular formula is C18H20I2O2. The fraction of sp³-hybridized carbons (Fsp3) is 0.333. The van der Waals surface area contributed by atoms with Gasteiger partial charge >= 0.3 is 0 Å². The smallest absolute Gasteiger partial charge is 0.132 e. The van der Waals surface area contributed by atoms with Crippen LogP contribution in [-0.4, -0.2) is 13.2 Å². The van der Waals surface area contributed by atoms with Crippen LogP contribution in [0.15, 0.2) is 36.4 Å². The summed E-state index contributed by atoms with van der Waals surface area (Å²) in [5.74, 6) is 2.26. The summed E-state index contributed by atoms with van der Waals surface area (Å²) in [7, 11) is 0. The van der Waals surface area contributed by atoms with Gasteiger partial charge in [-0.1, -0.05) is 19.1 Å². The molecule has 2 aromatic carbocycles. The van der Waals surface area contributed by atoms with Gasteiger partial charge in [-0.2, -0.15) is 0 Å². The molecule has 4 heteroatoms. The van der Waals surface area contributed by atoms with E-state index in [1.54, 1.807) is 0 Å². The van der Waals surface area contributed by atoms with E-state index in [1.807, 2.05) is 13.8 Å². The Morgan fingerprint density at radius 2 is 1.23 bits per heavy atom. The van der Waals surface area contributed by atoms with Crippen molar-refractivity contribution in [3.63, 3.8) is 0 Å². The van der Waals surface area contributed by atoms with Crippen LogP contribution in [0.2, 0.25) is 0 Å². The molecule has 2 aromatic rings. The Bertz CT molecular complexity index is 585. The summed E-state index contributed by atoms with van der Waals surface area (Å²) in [5, 5.41) is 0. The zero-order chi connectivity index (χ0) is 16.1. The molecule has 0 N–H and O–H groups in total. The van der Waals surface area contributed by atoms with Crippen molar-refractivity contribution in [1.29, 1.82) is 0 Å². The molecule has 0 spiro atoms. The second kappa shape index (κ2) is 8.38. The van der Waals surface area contributed by atoms with Crippen LogP contribution >= 0.6 is 45.2 Å². The van der Waals surface area contributed by atoms with Crippen molar-refractivity contribution >= 4 is 45.2 Å². The van der Waals surface area contributed by atoms with Crippen molar-refractivity contribution < 1.29 is 9.47 Å². The van der Waals surface area contributed by atoms with E-state index in [0.29, 0.717) is 19.1 Å². The van der Waals surface area contributed by atoms with Crippen LogP contribution in [0.3, 0.4) is 0 Å². The van der Waals surface area contributed by atoms with E-state index in [-0.39, 0.29) is 0 Å². The Hall–Kier alpha value is -0.500. The Kier molecular flexibility index (Phi) is 6.80. The van der Waals surface area contributed by atoms with E-state index < -0.39 is 0 Å². The highest BCUT2D eigenvalue weighted by Gasteiger charge is 2.13. The first-order valence-corrected chi connectivity index (χ1v) is 9.57. The van der Waals surface area contributed by atoms with E-state index in [4.69, 9.17) is 9.47 Å². The molecule has 0 fully saturated rings. The van der Waals surface area contributed by atoms with Gasteiger partial charge in [-0.3, -0.25) is 0 Å². The lowest BCUT2D eigenvalue weighted by Gasteiger charge is -2.16. The molecule has 0 aliphatic heterocycles. The zero-order valence-electron chi connectivity index (χ0n) is 13.0. The number of benzene rings is 2. The summed E-state index contributed by atoms with van der Waals surface area (Å²) in [5.41, 5.74) is 2.60. The van der Waals surface area contributed by atoms with E-state index in [2.05, 4.69) is 88.5 Å². The number of hydrogen-bond donors (Lipinski definition) is 0. The third-order valence-corrected chi connectivity index (χ3v) is 5.20. The zero-order valence-corrected chi connectivity index (χ0v) is 17.3. The van der Waals surface area contributed by atoms with Crippen LogP contribution in [0.4, 0.5) is 0 Å². The van der Waals surface area contributed by atoms with Crippen molar-refractivity contribution in [2.24, 2.45) is 0 Å². The Morgan fingerprint density at radius 1 is 0.818 bits per heavy atom. The van der Waals surface area contributed by atoms with E-state index in [0.717, 1.165) is 18.6 Å². The lowest BCUT2D eigenvalue weighted by Crippen LogP contribution is -2.01. The number of halogens is 2. The normalized spacial score (nSPS) is 10.8. The molecule has 2 rings (SSSR count). The van der Waals surface area contributed by atoms with Crippen LogP contribution in [0, 0.1) is 7.14 Å². The molecule has 0 aliphatic carbocycles. The SMILES string of the molecule is CCOc1ccc(C(C)c2ccc(OCC)c(I)c2)cc1I. The summed E-state index contributed by atoms with van der Waals surface area (Å²) < 4.78 is 13.5. The van der Waals surface area contributed by atoms with Crippen molar-refractivity contribution in [2.75, 3.05) is 13.2 Å². The summed E-state index contributed by atoms with van der Waals surface area (Å²) in [6.45, 7) is 7.64. The fourth-order valence-electron chi connectivity index (χ4n) is 2.31. The van der Waals surface area contributed by atoms with Gasteiger partial charge in [0.1, 0.15) is 11.5 Å². The molecule has 118 valence electrons. The highest BCUT2D eigenvalue weighted by Crippen LogP contribution is 2.32. The molecule has 0 unspecified atom stereocenters. The first-order valence-electron chi connectivity index (χ1n) is 7.41. The summed E-state index contributed by atoms with van der Waals surface area (Å²) in [4.78, 5) is 0. The lowest BCUT2D eigenvalue weighted by molar-refractivity contribution is 0.337. The second-order valence-electron chi connectivity index (χ2n) is 4.97. The van der Waals surface area contributed by atoms with Gasteiger partial charge in [0.15, 0.2) is 0 Å². The van der Waals surface area contributed by atoms with Crippen LogP contribution in [-0.2, 0) is 0 Å². The molecule has 2 nitrogen and oxygen atoms in total. The maximum absolute atomic E-state index is 5.61. The fourth-order valence-corrected chi connectivity index (χ4v) is 3.70. The third-order valence-electron chi connectivity index (χ3n) is 3.51. The molecule has 22 heavy (non-hydrogen) atoms. The first kappa shape index (κ1) is 17.8. The van der Waals surface area contributed by atoms with Crippen LogP contribution in [0.1, 0.15) is 37.8 Å². The van der Waals surface area contributed by atoms with Crippen LogP contribution < -0.4 is 9.47 Å². The Balaban J connectivity index is 2.26. The van der Waals surface area contributed by atoms with E-state index >= 15 is 0 Å². The van der Waals surface area contributed by atoms with E-state index in [1.165, 1.54) is 11.1 Å². The maximum atomic E-state index is 5.61. The summed E-state index contributed by atoms with van der Waals surface area (Å²) in [6.07, 6.45) is 0. The third kappa shape index (κ3) is 4.28. The van der Waals surface area contributed by atoms with Crippen molar-refractivity contribution in [3.8, 4) is 11.5 Å². The highest BCUT2D eigenvalue weighted by atomic mass is 127. The topological polar surface area (TPSA) is 18.5 Å². The molecule has 0 amide bonds. The summed E-state index contributed by atoms with van der Waals surface area (Å²) in [6, 6.07) is 12.9. The average molecular weight is 522 g/mol.